The van der Waals surface area contributed by atoms with Crippen molar-refractivity contribution in [3.05, 3.63) is 89.7 Å². The molecule has 6 rings (SSSR count). The Labute approximate surface area is 320 Å². The minimum atomic E-state index is -1.30. The van der Waals surface area contributed by atoms with E-state index in [2.05, 4.69) is 10.6 Å². The number of carboxylic acid groups (broad SMARTS) is 3. The van der Waals surface area contributed by atoms with Crippen molar-refractivity contribution in [3.8, 4) is 23.0 Å². The molecule has 18 heteroatoms. The number of carbonyl (C=O) groups is 5. The second-order valence-electron chi connectivity index (χ2n) is 12.3. The molecule has 0 spiro atoms. The van der Waals surface area contributed by atoms with E-state index in [0.717, 1.165) is 24.2 Å². The summed E-state index contributed by atoms with van der Waals surface area (Å²) >= 11 is 0. The number of ether oxygens (including phenoxy) is 4. The lowest BCUT2D eigenvalue weighted by Gasteiger charge is -2.23. The number of carboxylic acids is 3. The molecule has 0 fully saturated rings. The van der Waals surface area contributed by atoms with Crippen molar-refractivity contribution in [2.24, 2.45) is 0 Å². The first-order valence-electron chi connectivity index (χ1n) is 16.6. The second-order valence-corrected chi connectivity index (χ2v) is 12.3. The number of nitrogens with zero attached hydrogens (tertiary/aromatic N) is 2. The zero-order valence-electron chi connectivity index (χ0n) is 30.5. The standard InChI is InChI=1S/C19H18N2O8.C18H18N2O6.CH3/c1-28-16-7-11-6-14(19(26)27)21(13(11)8-15(16)23)3-2-10-4-12(18(24)25)20-17(5-10)29-9-22;1-25-16-8-12-3-5-20(14(12)9-15(16)22)4-2-11-6-13(18(23)24)19-17(7-11)26-10-21;/h2-4,7-9,14,17H,5-6H2,1H3,(H3,23,24,25,26,27);2,4,6,8-10,17H,3,5,7H2,1H3,(H2,22,23,24);1H3/q;;-1/p+1. The molecule has 4 aliphatic rings. The maximum Gasteiger partial charge on any atom is 0.352 e. The molecule has 6 N–H and O–H groups in total. The van der Waals surface area contributed by atoms with Gasteiger partial charge in [0, 0.05) is 49.0 Å². The van der Waals surface area contributed by atoms with E-state index in [0.29, 0.717) is 34.6 Å². The molecule has 2 aromatic rings. The molecule has 56 heavy (non-hydrogen) atoms. The van der Waals surface area contributed by atoms with Crippen molar-refractivity contribution in [1.29, 1.82) is 0 Å². The Morgan fingerprint density at radius 1 is 0.768 bits per heavy atom. The molecule has 4 aliphatic heterocycles. The zero-order chi connectivity index (χ0) is 39.8. The number of carbonyl (C=O) groups excluding carboxylic acids is 3. The molecule has 3 atom stereocenters. The molecular weight excluding hydrogens is 736 g/mol. The monoisotopic (exact) mass is 776 g/mol. The molecule has 296 valence electrons. The van der Waals surface area contributed by atoms with Crippen LogP contribution in [0.2, 0.25) is 0 Å². The van der Waals surface area contributed by atoms with E-state index in [-0.39, 0.29) is 61.9 Å². The summed E-state index contributed by atoms with van der Waals surface area (Å²) in [6.07, 6.45) is 9.35. The number of aromatic hydroxyl groups is 2. The van der Waals surface area contributed by atoms with E-state index in [4.69, 9.17) is 24.1 Å². The Kier molecular flexibility index (Phi) is 13.6. The molecule has 3 unspecified atom stereocenters. The lowest BCUT2D eigenvalue weighted by Crippen LogP contribution is -2.40. The Morgan fingerprint density at radius 3 is 1.75 bits per heavy atom. The lowest BCUT2D eigenvalue weighted by molar-refractivity contribution is -0.475. The number of nitrogens with one attached hydrogen (secondary N) is 2. The maximum atomic E-state index is 11.6. The summed E-state index contributed by atoms with van der Waals surface area (Å²) in [5.41, 5.74) is 4.05. The van der Waals surface area contributed by atoms with Crippen LogP contribution in [0.3, 0.4) is 0 Å². The first-order chi connectivity index (χ1) is 26.3. The fraction of sp³-hybridized carbons (Fsp3) is 0.263. The average Bonchev–Trinajstić information content (AvgIpc) is 3.72. The smallest absolute Gasteiger partial charge is 0.352 e. The van der Waals surface area contributed by atoms with E-state index in [1.165, 1.54) is 49.3 Å². The number of fused-ring (bicyclic) bond motifs is 2. The normalized spacial score (nSPS) is 22.1. The van der Waals surface area contributed by atoms with Crippen LogP contribution >= 0.6 is 0 Å². The van der Waals surface area contributed by atoms with Crippen LogP contribution in [-0.4, -0.2) is 112 Å². The van der Waals surface area contributed by atoms with Crippen molar-refractivity contribution in [3.63, 3.8) is 0 Å². The van der Waals surface area contributed by atoms with Gasteiger partial charge in [-0.05, 0) is 35.4 Å². The Morgan fingerprint density at radius 2 is 1.27 bits per heavy atom. The first-order valence-corrected chi connectivity index (χ1v) is 16.6. The lowest BCUT2D eigenvalue weighted by atomic mass is 10.1. The quantitative estimate of drug-likeness (QED) is 0.104. The zero-order valence-corrected chi connectivity index (χ0v) is 30.5. The molecule has 0 bridgehead atoms. The van der Waals surface area contributed by atoms with Gasteiger partial charge < -0.3 is 67.3 Å². The third-order valence-electron chi connectivity index (χ3n) is 8.94. The molecule has 2 aromatic carbocycles. The molecule has 0 saturated heterocycles. The van der Waals surface area contributed by atoms with Crippen molar-refractivity contribution >= 4 is 54.7 Å². The van der Waals surface area contributed by atoms with E-state index in [9.17, 15) is 44.4 Å². The van der Waals surface area contributed by atoms with Gasteiger partial charge in [-0.3, -0.25) is 9.59 Å². The summed E-state index contributed by atoms with van der Waals surface area (Å²) in [5.74, 6) is -3.08. The van der Waals surface area contributed by atoms with Crippen molar-refractivity contribution in [2.75, 3.05) is 20.8 Å². The summed E-state index contributed by atoms with van der Waals surface area (Å²) in [5, 5.41) is 55.2. The van der Waals surface area contributed by atoms with Gasteiger partial charge in [-0.25, -0.2) is 9.59 Å². The van der Waals surface area contributed by atoms with E-state index < -0.39 is 36.4 Å². The van der Waals surface area contributed by atoms with Crippen LogP contribution in [0.5, 0.6) is 23.0 Å². The highest BCUT2D eigenvalue weighted by molar-refractivity contribution is 5.88. The van der Waals surface area contributed by atoms with E-state index in [1.54, 1.807) is 18.2 Å². The van der Waals surface area contributed by atoms with Crippen LogP contribution in [0.15, 0.2) is 71.1 Å². The van der Waals surface area contributed by atoms with E-state index in [1.807, 2.05) is 16.9 Å². The van der Waals surface area contributed by atoms with Gasteiger partial charge in [0.25, 0.3) is 12.9 Å². The number of rotatable bonds is 11. The highest BCUT2D eigenvalue weighted by Crippen LogP contribution is 2.39. The van der Waals surface area contributed by atoms with Crippen LogP contribution in [0.1, 0.15) is 24.0 Å². The molecular formula is C38H40N4O14. The Hall–Kier alpha value is -7.11. The average molecular weight is 777 g/mol. The summed E-state index contributed by atoms with van der Waals surface area (Å²) in [4.78, 5) is 55.2. The van der Waals surface area contributed by atoms with E-state index >= 15 is 0 Å². The van der Waals surface area contributed by atoms with Crippen LogP contribution < -0.4 is 25.2 Å². The predicted octanol–water partition coefficient (Wildman–Crippen LogP) is 0.687. The molecule has 18 nitrogen and oxygen atoms in total. The van der Waals surface area contributed by atoms with Gasteiger partial charge in [0.15, 0.2) is 54.4 Å². The van der Waals surface area contributed by atoms with Crippen LogP contribution in [-0.2, 0) is 46.3 Å². The summed E-state index contributed by atoms with van der Waals surface area (Å²) < 4.78 is 23.2. The predicted molar refractivity (Wildman–Crippen MR) is 194 cm³/mol. The molecule has 0 saturated carbocycles. The molecule has 0 amide bonds. The summed E-state index contributed by atoms with van der Waals surface area (Å²) in [6, 6.07) is 5.40. The van der Waals surface area contributed by atoms with Gasteiger partial charge in [0.05, 0.1) is 26.4 Å². The minimum Gasteiger partial charge on any atom is -0.543 e. The fourth-order valence-corrected chi connectivity index (χ4v) is 6.36. The topological polar surface area (TPSA) is 256 Å². The molecule has 0 radical (unpaired) electrons. The minimum absolute atomic E-state index is 0. The molecule has 4 heterocycles. The number of hydrogen-bond acceptors (Lipinski definition) is 14. The van der Waals surface area contributed by atoms with Gasteiger partial charge >= 0.3 is 11.9 Å². The number of benzene rings is 2. The van der Waals surface area contributed by atoms with Crippen LogP contribution in [0.25, 0.3) is 0 Å². The highest BCUT2D eigenvalue weighted by atomic mass is 16.5. The number of aliphatic carboxylic acids is 3. The van der Waals surface area contributed by atoms with Gasteiger partial charge in [-0.15, -0.1) is 0 Å². The van der Waals surface area contributed by atoms with Crippen molar-refractivity contribution in [1.82, 2.24) is 10.6 Å². The molecule has 0 aliphatic carbocycles. The number of methoxy groups -OCH3 is 2. The van der Waals surface area contributed by atoms with Crippen LogP contribution in [0.4, 0.5) is 11.4 Å². The summed E-state index contributed by atoms with van der Waals surface area (Å²) in [6.45, 7) is 1.23. The number of phenolic OH excluding ortho intramolecular Hbond substituents is 2. The first kappa shape index (κ1) is 41.6. The number of phenols is 2. The Balaban J connectivity index is 0.000000246. The van der Waals surface area contributed by atoms with Crippen molar-refractivity contribution in [2.45, 2.75) is 44.2 Å². The van der Waals surface area contributed by atoms with Gasteiger partial charge in [0.2, 0.25) is 17.4 Å². The fourth-order valence-electron chi connectivity index (χ4n) is 6.36. The van der Waals surface area contributed by atoms with Gasteiger partial charge in [-0.1, -0.05) is 0 Å². The highest BCUT2D eigenvalue weighted by Gasteiger charge is 2.37. The van der Waals surface area contributed by atoms with Gasteiger partial charge in [0.1, 0.15) is 17.4 Å². The van der Waals surface area contributed by atoms with Crippen molar-refractivity contribution < 1.29 is 77.6 Å². The third-order valence-corrected chi connectivity index (χ3v) is 8.94. The third kappa shape index (κ3) is 9.51. The SMILES string of the molecule is COc1cc2c(cc1O)[N+](=C/C=C1/C=C(C(=O)O)NC(OC=O)C1)C(C(=O)[O-])C2.COc1cc2c(cc1O)[N+](=C/C=C1/C=C(C(=O)O)NC(OC=O)C1)CC2.[CH3-]. The largest absolute Gasteiger partial charge is 0.543 e. The number of allylic oxidation sites excluding steroid dienone is 4. The van der Waals surface area contributed by atoms with Crippen LogP contribution in [0, 0.1) is 7.43 Å². The number of hydrogen-bond donors (Lipinski definition) is 6. The maximum absolute atomic E-state index is 11.6. The summed E-state index contributed by atoms with van der Waals surface area (Å²) in [7, 11) is 2.90. The molecule has 0 aromatic heterocycles. The Bertz CT molecular complexity index is 2100. The van der Waals surface area contributed by atoms with Gasteiger partial charge in [-0.2, -0.15) is 9.15 Å². The second kappa shape index (κ2) is 18.3.